The first kappa shape index (κ1) is 21.3. The number of nitrogens with zero attached hydrogens (tertiary/aromatic N) is 5. The molecule has 0 unspecified atom stereocenters. The number of carbonyl (C=O) groups excluding carboxylic acids is 1. The van der Waals surface area contributed by atoms with Crippen molar-refractivity contribution in [3.8, 4) is 0 Å². The first-order valence-corrected chi connectivity index (χ1v) is 10.9. The van der Waals surface area contributed by atoms with Crippen LogP contribution < -0.4 is 5.32 Å². The first-order chi connectivity index (χ1) is 14.8. The van der Waals surface area contributed by atoms with Crippen molar-refractivity contribution in [2.45, 2.75) is 53.1 Å². The highest BCUT2D eigenvalue weighted by molar-refractivity contribution is 6.30. The minimum absolute atomic E-state index is 0.118. The highest BCUT2D eigenvalue weighted by Gasteiger charge is 2.34. The quantitative estimate of drug-likeness (QED) is 0.623. The second kappa shape index (κ2) is 8.67. The van der Waals surface area contributed by atoms with Gasteiger partial charge in [0.15, 0.2) is 5.82 Å². The summed E-state index contributed by atoms with van der Waals surface area (Å²) in [6, 6.07) is 9.50. The molecule has 31 heavy (non-hydrogen) atoms. The van der Waals surface area contributed by atoms with E-state index in [1.807, 2.05) is 62.9 Å². The maximum absolute atomic E-state index is 13.2. The summed E-state index contributed by atoms with van der Waals surface area (Å²) in [5.41, 5.74) is 4.66. The summed E-state index contributed by atoms with van der Waals surface area (Å²) in [5, 5.41) is 12.5. The zero-order chi connectivity index (χ0) is 22.1. The Hall–Kier alpha value is -2.93. The number of nitrogens with one attached hydrogen (secondary N) is 1. The van der Waals surface area contributed by atoms with E-state index < -0.39 is 0 Å². The fourth-order valence-corrected chi connectivity index (χ4v) is 4.41. The molecule has 1 saturated heterocycles. The minimum Gasteiger partial charge on any atom is -0.314 e. The van der Waals surface area contributed by atoms with Crippen LogP contribution in [0.15, 0.2) is 30.3 Å². The third kappa shape index (κ3) is 4.42. The van der Waals surface area contributed by atoms with Gasteiger partial charge in [-0.1, -0.05) is 23.7 Å². The molecule has 1 aliphatic rings. The molecule has 8 heteroatoms. The Morgan fingerprint density at radius 1 is 1.16 bits per heavy atom. The molecule has 2 amide bonds. The van der Waals surface area contributed by atoms with Crippen LogP contribution in [0.3, 0.4) is 0 Å². The summed E-state index contributed by atoms with van der Waals surface area (Å²) in [4.78, 5) is 19.6. The smallest absolute Gasteiger partial charge is 0.314 e. The van der Waals surface area contributed by atoms with Gasteiger partial charge in [0.2, 0.25) is 0 Å². The SMILES string of the molecule is Cc1cc(C)c(NC(=O)N2CCC[C@@H]2c2nnc(C)n2Cc2ccc(Cl)cc2)c(C)n1. The Balaban J connectivity index is 1.58. The third-order valence-electron chi connectivity index (χ3n) is 5.79. The van der Waals surface area contributed by atoms with Crippen LogP contribution in [-0.4, -0.2) is 37.2 Å². The number of anilines is 1. The van der Waals surface area contributed by atoms with Crippen molar-refractivity contribution >= 4 is 23.3 Å². The number of hydrogen-bond donors (Lipinski definition) is 1. The fraction of sp³-hybridized carbons (Fsp3) is 0.391. The van der Waals surface area contributed by atoms with E-state index in [1.165, 1.54) is 0 Å². The van der Waals surface area contributed by atoms with Gasteiger partial charge in [-0.05, 0) is 69.9 Å². The van der Waals surface area contributed by atoms with Crippen LogP contribution in [0.5, 0.6) is 0 Å². The van der Waals surface area contributed by atoms with E-state index in [2.05, 4.69) is 25.1 Å². The van der Waals surface area contributed by atoms with Gasteiger partial charge < -0.3 is 14.8 Å². The molecule has 1 aromatic carbocycles. The average Bonchev–Trinajstić information content (AvgIpc) is 3.33. The molecule has 4 rings (SSSR count). The molecule has 0 bridgehead atoms. The summed E-state index contributed by atoms with van der Waals surface area (Å²) < 4.78 is 2.09. The van der Waals surface area contributed by atoms with E-state index >= 15 is 0 Å². The second-order valence-electron chi connectivity index (χ2n) is 8.14. The molecule has 1 atom stereocenters. The summed E-state index contributed by atoms with van der Waals surface area (Å²) in [6.07, 6.45) is 1.78. The van der Waals surface area contributed by atoms with E-state index in [1.54, 1.807) is 0 Å². The molecule has 0 saturated carbocycles. The molecule has 0 aliphatic carbocycles. The summed E-state index contributed by atoms with van der Waals surface area (Å²) in [7, 11) is 0. The van der Waals surface area contributed by atoms with Crippen molar-refractivity contribution in [1.82, 2.24) is 24.6 Å². The van der Waals surface area contributed by atoms with Gasteiger partial charge in [-0.3, -0.25) is 4.98 Å². The minimum atomic E-state index is -0.127. The Bertz CT molecular complexity index is 1080. The Kier molecular flexibility index (Phi) is 5.96. The van der Waals surface area contributed by atoms with Gasteiger partial charge in [-0.15, -0.1) is 10.2 Å². The number of aromatic nitrogens is 4. The molecule has 0 spiro atoms. The van der Waals surface area contributed by atoms with Crippen LogP contribution in [0.25, 0.3) is 0 Å². The molecule has 162 valence electrons. The van der Waals surface area contributed by atoms with Gasteiger partial charge in [0.25, 0.3) is 0 Å². The van der Waals surface area contributed by atoms with Crippen molar-refractivity contribution in [1.29, 1.82) is 0 Å². The lowest BCUT2D eigenvalue weighted by atomic mass is 10.1. The highest BCUT2D eigenvalue weighted by atomic mass is 35.5. The predicted octanol–water partition coefficient (Wildman–Crippen LogP) is 4.98. The number of halogens is 1. The molecular formula is C23H27ClN6O. The van der Waals surface area contributed by atoms with Crippen molar-refractivity contribution < 1.29 is 4.79 Å². The van der Waals surface area contributed by atoms with Crippen LogP contribution in [0.4, 0.5) is 10.5 Å². The lowest BCUT2D eigenvalue weighted by Crippen LogP contribution is -2.36. The van der Waals surface area contributed by atoms with Gasteiger partial charge in [0.1, 0.15) is 5.82 Å². The molecule has 7 nitrogen and oxygen atoms in total. The lowest BCUT2D eigenvalue weighted by Gasteiger charge is -2.26. The number of amides is 2. The molecular weight excluding hydrogens is 412 g/mol. The summed E-state index contributed by atoms with van der Waals surface area (Å²) in [6.45, 7) is 9.13. The standard InChI is InChI=1S/C23H27ClN6O/c1-14-12-15(2)25-16(3)21(14)26-23(31)29-11-5-6-20(29)22-28-27-17(4)30(22)13-18-7-9-19(24)10-8-18/h7-10,12,20H,5-6,11,13H2,1-4H3,(H,26,31)/t20-/m1/s1. The molecule has 3 aromatic rings. The third-order valence-corrected chi connectivity index (χ3v) is 6.04. The summed E-state index contributed by atoms with van der Waals surface area (Å²) in [5.74, 6) is 1.64. The highest BCUT2D eigenvalue weighted by Crippen LogP contribution is 2.32. The van der Waals surface area contributed by atoms with Gasteiger partial charge in [-0.2, -0.15) is 0 Å². The number of likely N-dealkylation sites (tertiary alicyclic amines) is 1. The van der Waals surface area contributed by atoms with E-state index in [-0.39, 0.29) is 12.1 Å². The van der Waals surface area contributed by atoms with Gasteiger partial charge >= 0.3 is 6.03 Å². The number of rotatable bonds is 4. The fourth-order valence-electron chi connectivity index (χ4n) is 4.28. The normalized spacial score (nSPS) is 16.0. The zero-order valence-electron chi connectivity index (χ0n) is 18.3. The van der Waals surface area contributed by atoms with Crippen molar-refractivity contribution in [2.24, 2.45) is 0 Å². The maximum Gasteiger partial charge on any atom is 0.322 e. The van der Waals surface area contributed by atoms with Crippen molar-refractivity contribution in [3.63, 3.8) is 0 Å². The second-order valence-corrected chi connectivity index (χ2v) is 8.58. The van der Waals surface area contributed by atoms with E-state index in [9.17, 15) is 4.79 Å². The monoisotopic (exact) mass is 438 g/mol. The van der Waals surface area contributed by atoms with Crippen LogP contribution in [-0.2, 0) is 6.54 Å². The Morgan fingerprint density at radius 3 is 2.61 bits per heavy atom. The van der Waals surface area contributed by atoms with E-state index in [0.717, 1.165) is 52.7 Å². The summed E-state index contributed by atoms with van der Waals surface area (Å²) >= 11 is 6.02. The molecule has 1 fully saturated rings. The average molecular weight is 439 g/mol. The predicted molar refractivity (Wildman–Crippen MR) is 121 cm³/mol. The van der Waals surface area contributed by atoms with Crippen molar-refractivity contribution in [2.75, 3.05) is 11.9 Å². The van der Waals surface area contributed by atoms with Crippen molar-refractivity contribution in [3.05, 3.63) is 69.5 Å². The first-order valence-electron chi connectivity index (χ1n) is 10.5. The van der Waals surface area contributed by atoms with E-state index in [0.29, 0.717) is 18.1 Å². The number of aryl methyl sites for hydroxylation is 4. The van der Waals surface area contributed by atoms with Gasteiger partial charge in [0, 0.05) is 17.3 Å². The van der Waals surface area contributed by atoms with Gasteiger partial charge in [-0.25, -0.2) is 4.79 Å². The Labute approximate surface area is 187 Å². The van der Waals surface area contributed by atoms with Gasteiger partial charge in [0.05, 0.1) is 24.0 Å². The van der Waals surface area contributed by atoms with Crippen LogP contribution in [0.1, 0.15) is 53.0 Å². The number of urea groups is 1. The Morgan fingerprint density at radius 2 is 1.90 bits per heavy atom. The van der Waals surface area contributed by atoms with Crippen LogP contribution in [0, 0.1) is 27.7 Å². The maximum atomic E-state index is 13.2. The number of benzene rings is 1. The molecule has 3 heterocycles. The molecule has 2 aromatic heterocycles. The topological polar surface area (TPSA) is 75.9 Å². The zero-order valence-corrected chi connectivity index (χ0v) is 19.1. The number of carbonyl (C=O) groups is 1. The number of hydrogen-bond acceptors (Lipinski definition) is 4. The molecule has 1 N–H and O–H groups in total. The van der Waals surface area contributed by atoms with Crippen LogP contribution >= 0.6 is 11.6 Å². The molecule has 1 aliphatic heterocycles. The van der Waals surface area contributed by atoms with E-state index in [4.69, 9.17) is 11.6 Å². The lowest BCUT2D eigenvalue weighted by molar-refractivity contribution is 0.203. The van der Waals surface area contributed by atoms with Crippen LogP contribution in [0.2, 0.25) is 5.02 Å². The number of pyridine rings is 1. The molecule has 0 radical (unpaired) electrons. The largest absolute Gasteiger partial charge is 0.322 e.